The van der Waals surface area contributed by atoms with Crippen LogP contribution in [0.2, 0.25) is 0 Å². The quantitative estimate of drug-likeness (QED) is 0.119. The number of amides is 1. The van der Waals surface area contributed by atoms with Crippen LogP contribution in [-0.2, 0) is 31.9 Å². The maximum atomic E-state index is 13.6. The van der Waals surface area contributed by atoms with Gasteiger partial charge in [0.2, 0.25) is 0 Å². The van der Waals surface area contributed by atoms with E-state index in [-0.39, 0.29) is 41.4 Å². The van der Waals surface area contributed by atoms with Crippen LogP contribution in [0.5, 0.6) is 0 Å². The monoisotopic (exact) mass is 759 g/mol. The third kappa shape index (κ3) is 17.0. The molecule has 0 aromatic heterocycles. The van der Waals surface area contributed by atoms with Crippen molar-refractivity contribution in [2.75, 3.05) is 19.9 Å². The lowest BCUT2D eigenvalue weighted by atomic mass is 9.78. The molecular formula is C48H74N2O5. The van der Waals surface area contributed by atoms with Gasteiger partial charge in [-0.15, -0.1) is 6.58 Å². The van der Waals surface area contributed by atoms with E-state index in [0.717, 1.165) is 64.3 Å². The van der Waals surface area contributed by atoms with Crippen LogP contribution in [0.4, 0.5) is 4.79 Å². The van der Waals surface area contributed by atoms with Crippen LogP contribution in [0.25, 0.3) is 0 Å². The minimum Gasteiger partial charge on any atom is -0.444 e. The molecule has 55 heavy (non-hydrogen) atoms. The summed E-state index contributed by atoms with van der Waals surface area (Å²) in [6, 6.07) is 7.96. The van der Waals surface area contributed by atoms with E-state index in [1.165, 1.54) is 48.5 Å². The van der Waals surface area contributed by atoms with E-state index in [1.54, 1.807) is 0 Å². The average molecular weight is 759 g/mol. The van der Waals surface area contributed by atoms with Crippen molar-refractivity contribution in [3.05, 3.63) is 96.2 Å². The predicted octanol–water partition coefficient (Wildman–Crippen LogP) is 11.1. The second-order valence-corrected chi connectivity index (χ2v) is 16.5. The molecule has 0 saturated carbocycles. The topological polar surface area (TPSA) is 84.9 Å². The lowest BCUT2D eigenvalue weighted by Crippen LogP contribution is -2.47. The first-order chi connectivity index (χ1) is 26.1. The highest BCUT2D eigenvalue weighted by Gasteiger charge is 2.38. The third-order valence-corrected chi connectivity index (χ3v) is 10.4. The van der Waals surface area contributed by atoms with Crippen molar-refractivity contribution < 1.29 is 23.9 Å². The van der Waals surface area contributed by atoms with E-state index in [2.05, 4.69) is 93.2 Å². The van der Waals surface area contributed by atoms with E-state index in [4.69, 9.17) is 9.47 Å². The van der Waals surface area contributed by atoms with Crippen LogP contribution in [0, 0.1) is 17.8 Å². The highest BCUT2D eigenvalue weighted by atomic mass is 16.6. The molecule has 7 heteroatoms. The number of hydrogen-bond donors (Lipinski definition) is 1. The molecule has 306 valence electrons. The molecule has 4 rings (SSSR count). The van der Waals surface area contributed by atoms with Crippen molar-refractivity contribution >= 4 is 17.7 Å². The van der Waals surface area contributed by atoms with Crippen LogP contribution < -0.4 is 5.32 Å². The Morgan fingerprint density at radius 3 is 2.25 bits per heavy atom. The van der Waals surface area contributed by atoms with Crippen molar-refractivity contribution in [2.45, 2.75) is 150 Å². The number of carbonyl (C=O) groups is 3. The number of fused-ring (bicyclic) bond motifs is 1. The summed E-state index contributed by atoms with van der Waals surface area (Å²) in [6.07, 6.45) is 20.3. The summed E-state index contributed by atoms with van der Waals surface area (Å²) in [5, 5.41) is 3.07. The molecule has 0 radical (unpaired) electrons. The number of likely N-dealkylation sites (tertiary alicyclic amines) is 1. The molecule has 4 unspecified atom stereocenters. The molecule has 1 fully saturated rings. The molecule has 4 atom stereocenters. The number of nitrogens with one attached hydrogen (secondary N) is 1. The Balaban J connectivity index is 0.000000543. The average Bonchev–Trinajstić information content (AvgIpc) is 3.80. The Morgan fingerprint density at radius 2 is 1.71 bits per heavy atom. The van der Waals surface area contributed by atoms with Crippen molar-refractivity contribution in [1.82, 2.24) is 10.2 Å². The van der Waals surface area contributed by atoms with E-state index in [9.17, 15) is 14.4 Å². The van der Waals surface area contributed by atoms with Crippen molar-refractivity contribution in [3.8, 4) is 0 Å². The number of allylic oxidation sites excluding steroid dienone is 7. The largest absolute Gasteiger partial charge is 0.444 e. The first-order valence-corrected chi connectivity index (χ1v) is 20.9. The zero-order valence-electron chi connectivity index (χ0n) is 35.7. The maximum Gasteiger partial charge on any atom is 0.407 e. The van der Waals surface area contributed by atoms with Crippen LogP contribution >= 0.6 is 0 Å². The standard InChI is InChI=1S/C32H48N2O5.C13H18.C3H8/c1-8-12-27(21(2)23(4)35)22(3)30(36)29-15-11-16-34(29)20-38-19-28(33-31(37)39-32(5,6)7)26-17-24-13-9-10-14-25(24)18-26;1-3-7-12(2)10-11-13-8-5-4-6-9-13;1-3-2/h9-10,13-14,22,26-29H,2,8,11-12,15-20H2,1,3-7H3,(H,33,37);3,5,8-9H,1-2,4,6-7,10-11H2;3H2,1-2H3. The minimum absolute atomic E-state index is 0.0442. The summed E-state index contributed by atoms with van der Waals surface area (Å²) in [5.41, 5.74) is 5.34. The summed E-state index contributed by atoms with van der Waals surface area (Å²) in [5.74, 6) is -0.0810. The number of hydrogen-bond acceptors (Lipinski definition) is 6. The smallest absolute Gasteiger partial charge is 0.407 e. The van der Waals surface area contributed by atoms with E-state index < -0.39 is 11.7 Å². The second-order valence-electron chi connectivity index (χ2n) is 16.5. The molecule has 1 heterocycles. The Bertz CT molecular complexity index is 1440. The fourth-order valence-electron chi connectivity index (χ4n) is 7.51. The molecule has 0 bridgehead atoms. The molecule has 1 aromatic carbocycles. The van der Waals surface area contributed by atoms with Gasteiger partial charge < -0.3 is 14.8 Å². The molecule has 7 nitrogen and oxygen atoms in total. The summed E-state index contributed by atoms with van der Waals surface area (Å²) < 4.78 is 11.8. The van der Waals surface area contributed by atoms with Crippen molar-refractivity contribution in [2.24, 2.45) is 17.8 Å². The zero-order valence-corrected chi connectivity index (χ0v) is 35.7. The number of ether oxygens (including phenoxy) is 2. The van der Waals surface area contributed by atoms with Gasteiger partial charge >= 0.3 is 6.09 Å². The molecule has 3 aliphatic rings. The molecule has 0 spiro atoms. The summed E-state index contributed by atoms with van der Waals surface area (Å²) in [4.78, 5) is 40.4. The van der Waals surface area contributed by atoms with Crippen LogP contribution in [0.3, 0.4) is 0 Å². The maximum absolute atomic E-state index is 13.6. The van der Waals surface area contributed by atoms with Crippen LogP contribution in [-0.4, -0.2) is 60.1 Å². The first-order valence-electron chi connectivity index (χ1n) is 20.9. The fraction of sp³-hybridized carbons (Fsp3) is 0.604. The van der Waals surface area contributed by atoms with Crippen LogP contribution in [0.1, 0.15) is 131 Å². The number of rotatable bonds is 18. The summed E-state index contributed by atoms with van der Waals surface area (Å²) in [6.45, 7) is 28.5. The molecule has 1 aliphatic heterocycles. The van der Waals surface area contributed by atoms with Gasteiger partial charge in [0.25, 0.3) is 0 Å². The van der Waals surface area contributed by atoms with Gasteiger partial charge in [-0.2, -0.15) is 0 Å². The van der Waals surface area contributed by atoms with Crippen molar-refractivity contribution in [1.29, 1.82) is 0 Å². The van der Waals surface area contributed by atoms with Gasteiger partial charge in [0.15, 0.2) is 11.6 Å². The lowest BCUT2D eigenvalue weighted by Gasteiger charge is -2.31. The van der Waals surface area contributed by atoms with Gasteiger partial charge in [-0.3, -0.25) is 14.5 Å². The summed E-state index contributed by atoms with van der Waals surface area (Å²) in [7, 11) is 0. The molecule has 2 aliphatic carbocycles. The van der Waals surface area contributed by atoms with Crippen LogP contribution in [0.15, 0.2) is 85.0 Å². The van der Waals surface area contributed by atoms with Gasteiger partial charge in [-0.05, 0) is 120 Å². The summed E-state index contributed by atoms with van der Waals surface area (Å²) >= 11 is 0. The van der Waals surface area contributed by atoms with Gasteiger partial charge in [0.05, 0.1) is 25.4 Å². The Labute approximate surface area is 334 Å². The normalized spacial score (nSPS) is 18.3. The number of benzene rings is 1. The second kappa shape index (κ2) is 24.9. The molecule has 1 N–H and O–H groups in total. The lowest BCUT2D eigenvalue weighted by molar-refractivity contribution is -0.130. The Hall–Kier alpha value is -3.55. The zero-order chi connectivity index (χ0) is 41.0. The molecule has 1 aromatic rings. The SMILES string of the molecule is C=C(C(C)=O)C(CCC)C(C)C(=O)C1CCCN1COCC(NC(=O)OC(C)(C)C)C1Cc2ccccc2C1.C=CCC(=C)CCC1=CCCC=C1.CCC. The van der Waals surface area contributed by atoms with E-state index >= 15 is 0 Å². The number of nitrogens with zero attached hydrogens (tertiary/aromatic N) is 1. The predicted molar refractivity (Wildman–Crippen MR) is 229 cm³/mol. The fourth-order valence-corrected chi connectivity index (χ4v) is 7.51. The molecule has 1 saturated heterocycles. The molecule has 1 amide bonds. The highest BCUT2D eigenvalue weighted by Crippen LogP contribution is 2.32. The Morgan fingerprint density at radius 1 is 1.05 bits per heavy atom. The van der Waals surface area contributed by atoms with Crippen molar-refractivity contribution in [3.63, 3.8) is 0 Å². The van der Waals surface area contributed by atoms with Gasteiger partial charge in [0.1, 0.15) is 5.60 Å². The van der Waals surface area contributed by atoms with Gasteiger partial charge in [0, 0.05) is 12.5 Å². The van der Waals surface area contributed by atoms with Gasteiger partial charge in [-0.25, -0.2) is 4.79 Å². The Kier molecular flexibility index (Phi) is 21.5. The van der Waals surface area contributed by atoms with E-state index in [0.29, 0.717) is 18.9 Å². The van der Waals surface area contributed by atoms with E-state index in [1.807, 2.05) is 33.8 Å². The number of ketones is 2. The number of alkyl carbamates (subject to hydrolysis) is 1. The highest BCUT2D eigenvalue weighted by molar-refractivity contribution is 5.95. The van der Waals surface area contributed by atoms with Gasteiger partial charge in [-0.1, -0.05) is 113 Å². The third-order valence-electron chi connectivity index (χ3n) is 10.4. The molecular weight excluding hydrogens is 685 g/mol. The number of Topliss-reactive ketones (excluding diaryl/α,β-unsaturated/α-hetero) is 2. The number of carbonyl (C=O) groups excluding carboxylic acids is 3. The minimum atomic E-state index is -0.586. The first kappa shape index (κ1) is 47.6.